The van der Waals surface area contributed by atoms with Gasteiger partial charge in [0.05, 0.1) is 18.4 Å². The average molecular weight is 379 g/mol. The van der Waals surface area contributed by atoms with Gasteiger partial charge in [-0.2, -0.15) is 9.61 Å². The van der Waals surface area contributed by atoms with E-state index in [2.05, 4.69) is 44.2 Å². The fourth-order valence-electron chi connectivity index (χ4n) is 3.82. The van der Waals surface area contributed by atoms with E-state index in [1.807, 2.05) is 16.8 Å². The molecule has 4 aromatic heterocycles. The molecular weight excluding hydrogens is 360 g/mol. The smallest absolute Gasteiger partial charge is 0.162 e. The lowest BCUT2D eigenvalue weighted by molar-refractivity contribution is 0.918. The predicted octanol–water partition coefficient (Wildman–Crippen LogP) is 4.40. The number of halogens is 1. The molecule has 2 fully saturated rings. The van der Waals surface area contributed by atoms with Crippen molar-refractivity contribution in [3.63, 3.8) is 0 Å². The van der Waals surface area contributed by atoms with E-state index in [1.165, 1.54) is 36.9 Å². The van der Waals surface area contributed by atoms with Crippen LogP contribution in [0.5, 0.6) is 0 Å². The Hall–Kier alpha value is -2.60. The molecule has 4 heterocycles. The maximum atomic E-state index is 6.27. The third-order valence-corrected chi connectivity index (χ3v) is 5.70. The fraction of sp³-hybridized carbons (Fsp3) is 0.350. The van der Waals surface area contributed by atoms with Crippen molar-refractivity contribution in [2.75, 3.05) is 5.32 Å². The number of hydrogen-bond acceptors (Lipinski definition) is 4. The summed E-state index contributed by atoms with van der Waals surface area (Å²) < 4.78 is 4.08. The molecule has 0 spiro atoms. The van der Waals surface area contributed by atoms with E-state index in [1.54, 1.807) is 0 Å². The largest absolute Gasteiger partial charge is 0.364 e. The Kier molecular flexibility index (Phi) is 3.26. The van der Waals surface area contributed by atoms with Crippen LogP contribution in [0.3, 0.4) is 0 Å². The first-order chi connectivity index (χ1) is 13.3. The van der Waals surface area contributed by atoms with Crippen LogP contribution >= 0.6 is 11.6 Å². The highest BCUT2D eigenvalue weighted by atomic mass is 35.5. The van der Waals surface area contributed by atoms with Gasteiger partial charge in [-0.25, -0.2) is 9.97 Å². The fourth-order valence-corrected chi connectivity index (χ4v) is 4.00. The quantitative estimate of drug-likeness (QED) is 0.523. The zero-order valence-electron chi connectivity index (χ0n) is 14.8. The van der Waals surface area contributed by atoms with Gasteiger partial charge in [-0.15, -0.1) is 0 Å². The Labute approximate surface area is 161 Å². The maximum Gasteiger partial charge on any atom is 0.162 e. The summed E-state index contributed by atoms with van der Waals surface area (Å²) in [5.74, 6) is 2.12. The van der Waals surface area contributed by atoms with Gasteiger partial charge in [0.25, 0.3) is 0 Å². The maximum absolute atomic E-state index is 6.27. The summed E-state index contributed by atoms with van der Waals surface area (Å²) in [5, 5.41) is 8.46. The van der Waals surface area contributed by atoms with Crippen LogP contribution in [0.2, 0.25) is 5.15 Å². The van der Waals surface area contributed by atoms with Gasteiger partial charge in [-0.05, 0) is 49.7 Å². The van der Waals surface area contributed by atoms with Gasteiger partial charge in [-0.1, -0.05) is 17.7 Å². The van der Waals surface area contributed by atoms with Crippen LogP contribution in [0, 0.1) is 0 Å². The molecule has 136 valence electrons. The van der Waals surface area contributed by atoms with E-state index < -0.39 is 0 Å². The lowest BCUT2D eigenvalue weighted by Crippen LogP contribution is -2.06. The Balaban J connectivity index is 1.32. The molecule has 0 radical (unpaired) electrons. The Bertz CT molecular complexity index is 1170. The zero-order valence-corrected chi connectivity index (χ0v) is 15.5. The van der Waals surface area contributed by atoms with Crippen LogP contribution in [0.1, 0.15) is 54.5 Å². The van der Waals surface area contributed by atoms with E-state index in [0.29, 0.717) is 23.5 Å². The lowest BCUT2D eigenvalue weighted by Gasteiger charge is -2.08. The van der Waals surface area contributed by atoms with Gasteiger partial charge in [-0.3, -0.25) is 0 Å². The highest BCUT2D eigenvalue weighted by Crippen LogP contribution is 2.42. The highest BCUT2D eigenvalue weighted by Gasteiger charge is 2.28. The second-order valence-corrected chi connectivity index (χ2v) is 8.00. The number of pyridine rings is 1. The molecule has 0 atom stereocenters. The molecule has 0 saturated heterocycles. The first kappa shape index (κ1) is 15.5. The van der Waals surface area contributed by atoms with Crippen LogP contribution in [0.25, 0.3) is 11.3 Å². The molecule has 6 rings (SSSR count). The number of aromatic nitrogens is 5. The Morgan fingerprint density at radius 2 is 1.96 bits per heavy atom. The Morgan fingerprint density at radius 3 is 2.78 bits per heavy atom. The molecule has 0 aliphatic heterocycles. The van der Waals surface area contributed by atoms with E-state index >= 15 is 0 Å². The summed E-state index contributed by atoms with van der Waals surface area (Å²) in [6.07, 6.45) is 9.04. The molecule has 0 amide bonds. The third kappa shape index (κ3) is 2.67. The van der Waals surface area contributed by atoms with Crippen molar-refractivity contribution in [2.45, 2.75) is 44.1 Å². The van der Waals surface area contributed by atoms with Gasteiger partial charge < -0.3 is 9.72 Å². The van der Waals surface area contributed by atoms with E-state index in [-0.39, 0.29) is 0 Å². The summed E-state index contributed by atoms with van der Waals surface area (Å²) in [6.45, 7) is 0.611. The first-order valence-electron chi connectivity index (χ1n) is 9.51. The van der Waals surface area contributed by atoms with E-state index in [9.17, 15) is 0 Å². The van der Waals surface area contributed by atoms with Crippen molar-refractivity contribution in [1.29, 1.82) is 0 Å². The second kappa shape index (κ2) is 5.70. The summed E-state index contributed by atoms with van der Waals surface area (Å²) in [6, 6.07) is 8.19. The molecule has 0 unspecified atom stereocenters. The standard InChI is InChI=1S/C20H19ClN6/c21-17-8-19(27-20(25-17)15(10-23-27)12-4-5-12)22-9-14-11-26-16(13-6-7-13)2-1-3-18(26)24-14/h1-3,8,10-13,22H,4-7,9H2. The number of hydrogen-bond donors (Lipinski definition) is 1. The van der Waals surface area contributed by atoms with E-state index in [0.717, 1.165) is 22.8 Å². The molecule has 6 nitrogen and oxygen atoms in total. The highest BCUT2D eigenvalue weighted by molar-refractivity contribution is 6.29. The van der Waals surface area contributed by atoms with Gasteiger partial charge in [0.15, 0.2) is 5.65 Å². The predicted molar refractivity (Wildman–Crippen MR) is 104 cm³/mol. The monoisotopic (exact) mass is 378 g/mol. The van der Waals surface area contributed by atoms with Crippen LogP contribution in [0.4, 0.5) is 5.82 Å². The minimum atomic E-state index is 0.485. The summed E-state index contributed by atoms with van der Waals surface area (Å²) in [4.78, 5) is 9.26. The molecule has 7 heteroatoms. The van der Waals surface area contributed by atoms with Gasteiger partial charge in [0.1, 0.15) is 16.6 Å². The summed E-state index contributed by atoms with van der Waals surface area (Å²) in [7, 11) is 0. The second-order valence-electron chi connectivity index (χ2n) is 7.61. The van der Waals surface area contributed by atoms with Gasteiger partial charge in [0.2, 0.25) is 0 Å². The number of imidazole rings is 1. The minimum Gasteiger partial charge on any atom is -0.364 e. The van der Waals surface area contributed by atoms with Crippen molar-refractivity contribution in [2.24, 2.45) is 0 Å². The molecule has 2 aliphatic rings. The number of nitrogens with one attached hydrogen (secondary N) is 1. The Morgan fingerprint density at radius 1 is 1.11 bits per heavy atom. The normalized spacial score (nSPS) is 17.1. The number of anilines is 1. The van der Waals surface area contributed by atoms with Crippen molar-refractivity contribution in [1.82, 2.24) is 24.0 Å². The van der Waals surface area contributed by atoms with Crippen LogP contribution in [-0.4, -0.2) is 24.0 Å². The molecule has 0 bridgehead atoms. The van der Waals surface area contributed by atoms with Crippen molar-refractivity contribution < 1.29 is 0 Å². The lowest BCUT2D eigenvalue weighted by atomic mass is 10.2. The minimum absolute atomic E-state index is 0.485. The van der Waals surface area contributed by atoms with Crippen molar-refractivity contribution in [3.05, 3.63) is 58.8 Å². The van der Waals surface area contributed by atoms with Crippen molar-refractivity contribution in [3.8, 4) is 0 Å². The molecule has 2 aliphatic carbocycles. The van der Waals surface area contributed by atoms with Crippen LogP contribution in [0.15, 0.2) is 36.7 Å². The molecular formula is C20H19ClN6. The number of fused-ring (bicyclic) bond motifs is 2. The number of rotatable bonds is 5. The van der Waals surface area contributed by atoms with Crippen LogP contribution < -0.4 is 5.32 Å². The number of nitrogens with zero attached hydrogens (tertiary/aromatic N) is 5. The summed E-state index contributed by atoms with van der Waals surface area (Å²) in [5.41, 5.74) is 5.42. The van der Waals surface area contributed by atoms with Crippen LogP contribution in [-0.2, 0) is 6.54 Å². The SMILES string of the molecule is Clc1cc(NCc2cn3c(C4CC4)cccc3n2)n2ncc(C3CC3)c2n1. The first-order valence-corrected chi connectivity index (χ1v) is 9.89. The topological polar surface area (TPSA) is 59.5 Å². The van der Waals surface area contributed by atoms with Gasteiger partial charge in [0, 0.05) is 23.5 Å². The van der Waals surface area contributed by atoms with E-state index in [4.69, 9.17) is 16.6 Å². The molecule has 1 N–H and O–H groups in total. The molecule has 27 heavy (non-hydrogen) atoms. The van der Waals surface area contributed by atoms with Gasteiger partial charge >= 0.3 is 0 Å². The summed E-state index contributed by atoms with van der Waals surface area (Å²) >= 11 is 6.27. The third-order valence-electron chi connectivity index (χ3n) is 5.50. The molecule has 0 aromatic carbocycles. The molecule has 2 saturated carbocycles. The average Bonchev–Trinajstić information content (AvgIpc) is 3.59. The molecule has 4 aromatic rings. The zero-order chi connectivity index (χ0) is 18.0. The van der Waals surface area contributed by atoms with Crippen molar-refractivity contribution >= 4 is 28.7 Å².